The summed E-state index contributed by atoms with van der Waals surface area (Å²) in [5, 5.41) is 7.28. The predicted molar refractivity (Wildman–Crippen MR) is 235 cm³/mol. The quantitative estimate of drug-likeness (QED) is 0.170. The summed E-state index contributed by atoms with van der Waals surface area (Å²) in [5.41, 5.74) is 12.1. The summed E-state index contributed by atoms with van der Waals surface area (Å²) in [5.74, 6) is 0. The van der Waals surface area contributed by atoms with Gasteiger partial charge >= 0.3 is 0 Å². The van der Waals surface area contributed by atoms with E-state index in [4.69, 9.17) is 4.42 Å². The average molecular weight is 720 g/mol. The smallest absolute Gasteiger partial charge is 0.136 e. The Hall–Kier alpha value is -6.94. The molecule has 0 saturated heterocycles. The highest BCUT2D eigenvalue weighted by Gasteiger charge is 2.23. The van der Waals surface area contributed by atoms with Crippen LogP contribution in [0.2, 0.25) is 0 Å². The van der Waals surface area contributed by atoms with Crippen molar-refractivity contribution >= 4 is 81.3 Å². The largest absolute Gasteiger partial charge is 0.456 e. The Labute approximate surface area is 322 Å². The fraction of sp³-hybridized carbons (Fsp3) is 0. The molecular formula is C52H33NOS. The Bertz CT molecular complexity index is 3230. The fourth-order valence-electron chi connectivity index (χ4n) is 8.27. The van der Waals surface area contributed by atoms with Crippen LogP contribution in [0.3, 0.4) is 0 Å². The van der Waals surface area contributed by atoms with Crippen molar-refractivity contribution in [3.8, 4) is 33.4 Å². The molecule has 55 heavy (non-hydrogen) atoms. The monoisotopic (exact) mass is 719 g/mol. The molecule has 258 valence electrons. The normalized spacial score (nSPS) is 11.6. The third kappa shape index (κ3) is 5.32. The molecule has 0 unspecified atom stereocenters. The second-order valence-corrected chi connectivity index (χ2v) is 15.1. The van der Waals surface area contributed by atoms with Crippen LogP contribution in [-0.4, -0.2) is 0 Å². The Morgan fingerprint density at radius 1 is 0.382 bits per heavy atom. The van der Waals surface area contributed by atoms with Crippen LogP contribution in [0.15, 0.2) is 205 Å². The van der Waals surface area contributed by atoms with Crippen molar-refractivity contribution < 1.29 is 4.42 Å². The van der Waals surface area contributed by atoms with Gasteiger partial charge < -0.3 is 9.32 Å². The lowest BCUT2D eigenvalue weighted by atomic mass is 9.95. The molecule has 0 spiro atoms. The fourth-order valence-corrected chi connectivity index (χ4v) is 9.48. The molecule has 2 heterocycles. The Morgan fingerprint density at radius 3 is 2.00 bits per heavy atom. The maximum Gasteiger partial charge on any atom is 0.136 e. The molecule has 0 aliphatic heterocycles. The van der Waals surface area contributed by atoms with E-state index in [9.17, 15) is 0 Å². The van der Waals surface area contributed by atoms with E-state index in [2.05, 4.69) is 199 Å². The first kappa shape index (κ1) is 31.6. The number of para-hydroxylation sites is 1. The van der Waals surface area contributed by atoms with E-state index in [1.54, 1.807) is 0 Å². The molecule has 11 aromatic rings. The molecule has 3 heteroatoms. The van der Waals surface area contributed by atoms with E-state index < -0.39 is 0 Å². The zero-order chi connectivity index (χ0) is 36.3. The van der Waals surface area contributed by atoms with Crippen LogP contribution in [0.1, 0.15) is 0 Å². The lowest BCUT2D eigenvalue weighted by Gasteiger charge is -2.29. The third-order valence-corrected chi connectivity index (χ3v) is 12.1. The number of anilines is 3. The highest BCUT2D eigenvalue weighted by atomic mass is 32.1. The summed E-state index contributed by atoms with van der Waals surface area (Å²) in [6, 6.07) is 72.4. The number of fused-ring (bicyclic) bond motifs is 7. The lowest BCUT2D eigenvalue weighted by Crippen LogP contribution is -2.12. The third-order valence-electron chi connectivity index (χ3n) is 10.8. The number of nitrogens with zero attached hydrogens (tertiary/aromatic N) is 1. The van der Waals surface area contributed by atoms with Crippen molar-refractivity contribution in [2.24, 2.45) is 0 Å². The zero-order valence-corrected chi connectivity index (χ0v) is 30.6. The van der Waals surface area contributed by atoms with E-state index in [-0.39, 0.29) is 0 Å². The first-order chi connectivity index (χ1) is 27.3. The van der Waals surface area contributed by atoms with Crippen LogP contribution >= 0.6 is 11.3 Å². The molecule has 2 nitrogen and oxygen atoms in total. The van der Waals surface area contributed by atoms with Crippen molar-refractivity contribution in [2.45, 2.75) is 0 Å². The maximum atomic E-state index is 6.35. The molecule has 0 saturated carbocycles. The molecule has 9 aromatic carbocycles. The summed E-state index contributed by atoms with van der Waals surface area (Å²) in [6.07, 6.45) is 0. The molecule has 0 N–H and O–H groups in total. The molecule has 0 aliphatic carbocycles. The first-order valence-electron chi connectivity index (χ1n) is 18.7. The number of hydrogen-bond acceptors (Lipinski definition) is 3. The topological polar surface area (TPSA) is 16.4 Å². The highest BCUT2D eigenvalue weighted by Crippen LogP contribution is 2.49. The van der Waals surface area contributed by atoms with Crippen molar-refractivity contribution in [3.05, 3.63) is 200 Å². The van der Waals surface area contributed by atoms with Gasteiger partial charge in [-0.05, 0) is 87.1 Å². The number of benzene rings is 9. The molecule has 0 aliphatic rings. The molecule has 0 bridgehead atoms. The van der Waals surface area contributed by atoms with Gasteiger partial charge in [0.2, 0.25) is 0 Å². The van der Waals surface area contributed by atoms with Crippen LogP contribution in [0.5, 0.6) is 0 Å². The van der Waals surface area contributed by atoms with Gasteiger partial charge in [0.25, 0.3) is 0 Å². The van der Waals surface area contributed by atoms with Gasteiger partial charge in [0, 0.05) is 37.5 Å². The van der Waals surface area contributed by atoms with Crippen LogP contribution in [0.4, 0.5) is 17.1 Å². The summed E-state index contributed by atoms with van der Waals surface area (Å²) in [6.45, 7) is 0. The number of furan rings is 1. The standard InChI is InChI=1S/C52H33NOS/c1-2-14-35(15-3-1)41-30-29-38(37-28-27-34-13-4-5-16-36(34)31-37)33-47(41)53(46-23-11-22-44-43-19-7-9-26-50(43)55-52(44)46)40-18-10-17-39(32-40)42-21-12-25-49-51(42)45-20-6-8-24-48(45)54-49/h1-33H. The van der Waals surface area contributed by atoms with Gasteiger partial charge in [-0.1, -0.05) is 152 Å². The minimum atomic E-state index is 0.894. The summed E-state index contributed by atoms with van der Waals surface area (Å²) < 4.78 is 8.88. The van der Waals surface area contributed by atoms with Gasteiger partial charge in [-0.3, -0.25) is 0 Å². The van der Waals surface area contributed by atoms with Gasteiger partial charge in [0.15, 0.2) is 0 Å². The summed E-state index contributed by atoms with van der Waals surface area (Å²) in [7, 11) is 0. The second-order valence-electron chi connectivity index (χ2n) is 14.1. The molecule has 0 radical (unpaired) electrons. The van der Waals surface area contributed by atoms with Gasteiger partial charge in [0.05, 0.1) is 16.1 Å². The molecule has 11 rings (SSSR count). The van der Waals surface area contributed by atoms with Crippen molar-refractivity contribution in [1.82, 2.24) is 0 Å². The molecular weight excluding hydrogens is 687 g/mol. The summed E-state index contributed by atoms with van der Waals surface area (Å²) >= 11 is 1.86. The van der Waals surface area contributed by atoms with Gasteiger partial charge in [-0.2, -0.15) is 0 Å². The van der Waals surface area contributed by atoms with E-state index in [1.807, 2.05) is 17.4 Å². The lowest BCUT2D eigenvalue weighted by molar-refractivity contribution is 0.669. The van der Waals surface area contributed by atoms with Crippen LogP contribution in [-0.2, 0) is 0 Å². The number of rotatable bonds is 6. The van der Waals surface area contributed by atoms with Crippen LogP contribution in [0, 0.1) is 0 Å². The second kappa shape index (κ2) is 12.9. The molecule has 0 fully saturated rings. The van der Waals surface area contributed by atoms with Gasteiger partial charge in [0.1, 0.15) is 11.2 Å². The molecule has 0 amide bonds. The number of hydrogen-bond donors (Lipinski definition) is 0. The minimum absolute atomic E-state index is 0.894. The zero-order valence-electron chi connectivity index (χ0n) is 29.8. The average Bonchev–Trinajstić information content (AvgIpc) is 3.83. The Morgan fingerprint density at radius 2 is 1.07 bits per heavy atom. The van der Waals surface area contributed by atoms with Gasteiger partial charge in [-0.25, -0.2) is 0 Å². The molecule has 2 aromatic heterocycles. The van der Waals surface area contributed by atoms with E-state index in [0.717, 1.165) is 55.7 Å². The van der Waals surface area contributed by atoms with Crippen LogP contribution < -0.4 is 4.90 Å². The van der Waals surface area contributed by atoms with E-state index in [0.29, 0.717) is 0 Å². The minimum Gasteiger partial charge on any atom is -0.456 e. The van der Waals surface area contributed by atoms with E-state index >= 15 is 0 Å². The van der Waals surface area contributed by atoms with Crippen molar-refractivity contribution in [1.29, 1.82) is 0 Å². The first-order valence-corrected chi connectivity index (χ1v) is 19.5. The van der Waals surface area contributed by atoms with E-state index in [1.165, 1.54) is 47.6 Å². The van der Waals surface area contributed by atoms with Crippen molar-refractivity contribution in [3.63, 3.8) is 0 Å². The van der Waals surface area contributed by atoms with Crippen molar-refractivity contribution in [2.75, 3.05) is 4.90 Å². The van der Waals surface area contributed by atoms with Gasteiger partial charge in [-0.15, -0.1) is 11.3 Å². The van der Waals surface area contributed by atoms with Crippen LogP contribution in [0.25, 0.3) is 86.3 Å². The predicted octanol–water partition coefficient (Wildman–Crippen LogP) is 15.6. The highest BCUT2D eigenvalue weighted by molar-refractivity contribution is 7.26. The number of thiophene rings is 1. The SMILES string of the molecule is c1ccc(-c2ccc(-c3ccc4ccccc4c3)cc2N(c2cccc(-c3cccc4oc5ccccc5c34)c2)c2cccc3c2sc2ccccc23)cc1. The Balaban J connectivity index is 1.20. The Kier molecular flexibility index (Phi) is 7.39. The molecule has 0 atom stereocenters. The maximum absolute atomic E-state index is 6.35. The summed E-state index contributed by atoms with van der Waals surface area (Å²) in [4.78, 5) is 2.49.